The molecule has 0 saturated heterocycles. The summed E-state index contributed by atoms with van der Waals surface area (Å²) in [7, 11) is 4.30. The molecule has 10 heteroatoms. The number of amides is 2. The van der Waals surface area contributed by atoms with Gasteiger partial charge in [0.25, 0.3) is 0 Å². The number of aromatic amines is 2. The summed E-state index contributed by atoms with van der Waals surface area (Å²) in [5.74, 6) is 0.367. The molecule has 0 aromatic carbocycles. The number of hydrogen-bond donors (Lipinski definition) is 2. The minimum absolute atomic E-state index is 0.184. The monoisotopic (exact) mass is 847 g/mol. The number of rotatable bonds is 22. The maximum atomic E-state index is 13.8. The molecular formula is C52H78N8O2. The predicted octanol–water partition coefficient (Wildman–Crippen LogP) is 10.6. The van der Waals surface area contributed by atoms with Crippen molar-refractivity contribution >= 4 is 56.2 Å². The topological polar surface area (TPSA) is 104 Å². The molecule has 0 radical (unpaired) electrons. The average Bonchev–Trinajstić information content (AvgIpc) is 3.93. The standard InChI is InChI=1S/C52H78N8O2/c1-13-39-35(7)43-31-44-37(9)41(23-25-51(61)59(17-5)29-21-19-27-57(11)15-3)49(55-44)34-50-42(24-26-52(62)60(18-6)30-22-20-28-58(12)16-4)38(10)46(56-50)33-48-40(14-2)36(8)45(54-48)32-47(39)53-43/h31-34,53-54H,13-30H2,1-12H3. The number of H-pyrrole nitrogens is 2. The molecule has 8 bridgehead atoms. The number of unbranched alkanes of at least 4 members (excludes halogenated alkanes) is 2. The fraction of sp³-hybridized carbons (Fsp3) is 0.577. The number of carbonyl (C=O) groups is 2. The quantitative estimate of drug-likeness (QED) is 0.0976. The fourth-order valence-corrected chi connectivity index (χ4v) is 9.14. The minimum Gasteiger partial charge on any atom is -0.355 e. The molecule has 0 aliphatic carbocycles. The van der Waals surface area contributed by atoms with Crippen molar-refractivity contribution in [2.75, 3.05) is 66.5 Å². The van der Waals surface area contributed by atoms with Crippen molar-refractivity contribution in [2.45, 2.75) is 133 Å². The number of carbonyl (C=O) groups excluding carboxylic acids is 2. The molecule has 2 aliphatic heterocycles. The normalized spacial score (nSPS) is 13.0. The van der Waals surface area contributed by atoms with Crippen LogP contribution in [0, 0.1) is 13.8 Å². The Morgan fingerprint density at radius 2 is 0.887 bits per heavy atom. The molecule has 3 aromatic heterocycles. The summed E-state index contributed by atoms with van der Waals surface area (Å²) in [5.41, 5.74) is 17.2. The summed E-state index contributed by atoms with van der Waals surface area (Å²) in [6, 6.07) is 8.79. The van der Waals surface area contributed by atoms with Gasteiger partial charge in [0.05, 0.1) is 22.8 Å². The summed E-state index contributed by atoms with van der Waals surface area (Å²) in [5, 5.41) is 0. The zero-order chi connectivity index (χ0) is 45.1. The van der Waals surface area contributed by atoms with Crippen LogP contribution in [-0.4, -0.2) is 118 Å². The molecule has 0 atom stereocenters. The molecule has 0 spiro atoms. The molecule has 0 unspecified atom stereocenters. The molecule has 2 N–H and O–H groups in total. The van der Waals surface area contributed by atoms with E-state index in [1.165, 1.54) is 22.3 Å². The molecule has 10 nitrogen and oxygen atoms in total. The first-order valence-corrected chi connectivity index (χ1v) is 23.8. The number of aromatic nitrogens is 4. The van der Waals surface area contributed by atoms with Gasteiger partial charge in [-0.15, -0.1) is 0 Å². The van der Waals surface area contributed by atoms with Crippen molar-refractivity contribution in [1.29, 1.82) is 0 Å². The van der Waals surface area contributed by atoms with Gasteiger partial charge in [0.1, 0.15) is 0 Å². The number of allylic oxidation sites excluding steroid dienone is 4. The molecule has 62 heavy (non-hydrogen) atoms. The highest BCUT2D eigenvalue weighted by molar-refractivity contribution is 5.97. The van der Waals surface area contributed by atoms with Crippen LogP contribution in [0.5, 0.6) is 0 Å². The van der Waals surface area contributed by atoms with Crippen LogP contribution >= 0.6 is 0 Å². The Morgan fingerprint density at radius 1 is 0.500 bits per heavy atom. The lowest BCUT2D eigenvalue weighted by Crippen LogP contribution is -2.32. The third kappa shape index (κ3) is 11.5. The lowest BCUT2D eigenvalue weighted by molar-refractivity contribution is -0.131. The van der Waals surface area contributed by atoms with E-state index in [0.717, 1.165) is 145 Å². The van der Waals surface area contributed by atoms with Gasteiger partial charge in [-0.2, -0.15) is 0 Å². The Labute approximate surface area is 373 Å². The Hall–Kier alpha value is -4.54. The van der Waals surface area contributed by atoms with Crippen molar-refractivity contribution in [1.82, 2.24) is 39.5 Å². The summed E-state index contributed by atoms with van der Waals surface area (Å²) in [6.07, 6.45) is 7.95. The van der Waals surface area contributed by atoms with Gasteiger partial charge in [0.2, 0.25) is 11.8 Å². The predicted molar refractivity (Wildman–Crippen MR) is 262 cm³/mol. The van der Waals surface area contributed by atoms with E-state index in [4.69, 9.17) is 9.97 Å². The average molecular weight is 847 g/mol. The van der Waals surface area contributed by atoms with Crippen LogP contribution in [0.15, 0.2) is 24.3 Å². The smallest absolute Gasteiger partial charge is 0.222 e. The highest BCUT2D eigenvalue weighted by Crippen LogP contribution is 2.38. The molecule has 5 heterocycles. The van der Waals surface area contributed by atoms with Crippen LogP contribution < -0.4 is 0 Å². The van der Waals surface area contributed by atoms with Gasteiger partial charge < -0.3 is 29.6 Å². The van der Waals surface area contributed by atoms with Crippen molar-refractivity contribution < 1.29 is 9.59 Å². The number of hydrogen-bond acceptors (Lipinski definition) is 6. The lowest BCUT2D eigenvalue weighted by atomic mass is 9.97. The third-order valence-electron chi connectivity index (χ3n) is 13.7. The van der Waals surface area contributed by atoms with Gasteiger partial charge in [-0.1, -0.05) is 27.7 Å². The first-order chi connectivity index (χ1) is 29.8. The highest BCUT2D eigenvalue weighted by atomic mass is 16.2. The maximum Gasteiger partial charge on any atom is 0.222 e. The van der Waals surface area contributed by atoms with Crippen molar-refractivity contribution in [3.05, 3.63) is 69.3 Å². The number of nitrogens with zero attached hydrogens (tertiary/aromatic N) is 6. The van der Waals surface area contributed by atoms with Crippen LogP contribution in [0.25, 0.3) is 44.4 Å². The third-order valence-corrected chi connectivity index (χ3v) is 13.7. The number of fused-ring (bicyclic) bond motifs is 8. The Balaban J connectivity index is 1.60. The molecular weight excluding hydrogens is 769 g/mol. The Kier molecular flexibility index (Phi) is 17.8. The second kappa shape index (κ2) is 22.7. The molecule has 338 valence electrons. The van der Waals surface area contributed by atoms with Crippen molar-refractivity contribution in [3.63, 3.8) is 0 Å². The maximum absolute atomic E-state index is 13.8. The van der Waals surface area contributed by atoms with Gasteiger partial charge >= 0.3 is 0 Å². The van der Waals surface area contributed by atoms with Gasteiger partial charge in [-0.25, -0.2) is 9.97 Å². The summed E-state index contributed by atoms with van der Waals surface area (Å²) in [6.45, 7) is 28.8. The second-order valence-electron chi connectivity index (χ2n) is 17.5. The minimum atomic E-state index is 0.184. The summed E-state index contributed by atoms with van der Waals surface area (Å²) < 4.78 is 0. The zero-order valence-corrected chi connectivity index (χ0v) is 40.5. The molecule has 5 rings (SSSR count). The zero-order valence-electron chi connectivity index (χ0n) is 40.5. The lowest BCUT2D eigenvalue weighted by Gasteiger charge is -2.22. The SMILES string of the molecule is CCc1c(C)c2cc3[nH]c(cc4nc(cc5nc(cc1[nH]2)C(C)=C5CCC(=O)N(CC)CCCCN(C)CC)C(CCC(=O)N(CC)CCCCN(C)CC)=C4C)c(C)c3CC. The second-order valence-corrected chi connectivity index (χ2v) is 17.5. The molecule has 0 saturated carbocycles. The Bertz CT molecular complexity index is 2280. The largest absolute Gasteiger partial charge is 0.355 e. The number of nitrogens with one attached hydrogen (secondary N) is 2. The van der Waals surface area contributed by atoms with Crippen LogP contribution in [-0.2, 0) is 22.4 Å². The van der Waals surface area contributed by atoms with Gasteiger partial charge in [0, 0.05) is 61.1 Å². The van der Waals surface area contributed by atoms with Crippen LogP contribution in [0.2, 0.25) is 0 Å². The van der Waals surface area contributed by atoms with E-state index >= 15 is 0 Å². The number of aryl methyl sites for hydroxylation is 4. The van der Waals surface area contributed by atoms with Gasteiger partial charge in [-0.3, -0.25) is 9.59 Å². The van der Waals surface area contributed by atoms with E-state index in [9.17, 15) is 9.59 Å². The Morgan fingerprint density at radius 3 is 1.29 bits per heavy atom. The van der Waals surface area contributed by atoms with E-state index in [1.54, 1.807) is 0 Å². The van der Waals surface area contributed by atoms with Gasteiger partial charge in [-0.05, 0) is 202 Å². The van der Waals surface area contributed by atoms with Crippen molar-refractivity contribution in [3.8, 4) is 0 Å². The summed E-state index contributed by atoms with van der Waals surface area (Å²) >= 11 is 0. The molecule has 3 aromatic rings. The first kappa shape index (κ1) is 48.5. The first-order valence-electron chi connectivity index (χ1n) is 23.8. The van der Waals surface area contributed by atoms with Gasteiger partial charge in [0.15, 0.2) is 0 Å². The molecule has 0 fully saturated rings. The van der Waals surface area contributed by atoms with Crippen LogP contribution in [0.3, 0.4) is 0 Å². The van der Waals surface area contributed by atoms with E-state index in [2.05, 4.69) is 127 Å². The van der Waals surface area contributed by atoms with E-state index < -0.39 is 0 Å². The fourth-order valence-electron chi connectivity index (χ4n) is 9.14. The van der Waals surface area contributed by atoms with E-state index in [1.807, 2.05) is 9.80 Å². The molecule has 2 amide bonds. The molecule has 2 aliphatic rings. The van der Waals surface area contributed by atoms with E-state index in [0.29, 0.717) is 38.8 Å². The van der Waals surface area contributed by atoms with Crippen molar-refractivity contribution in [2.24, 2.45) is 0 Å². The summed E-state index contributed by atoms with van der Waals surface area (Å²) in [4.78, 5) is 54.6. The van der Waals surface area contributed by atoms with E-state index in [-0.39, 0.29) is 11.8 Å². The highest BCUT2D eigenvalue weighted by Gasteiger charge is 2.24. The van der Waals surface area contributed by atoms with Crippen LogP contribution in [0.4, 0.5) is 0 Å². The van der Waals surface area contributed by atoms with Crippen LogP contribution in [0.1, 0.15) is 152 Å².